The van der Waals surface area contributed by atoms with E-state index >= 15 is 0 Å². The molecule has 10 heteroatoms. The van der Waals surface area contributed by atoms with E-state index in [1.54, 1.807) is 0 Å². The van der Waals surface area contributed by atoms with Gasteiger partial charge in [-0.15, -0.1) is 10.2 Å². The molecule has 2 saturated heterocycles. The van der Waals surface area contributed by atoms with Crippen LogP contribution in [-0.2, 0) is 10.9 Å². The van der Waals surface area contributed by atoms with Gasteiger partial charge in [-0.3, -0.25) is 0 Å². The normalized spacial score (nSPS) is 26.9. The van der Waals surface area contributed by atoms with Crippen LogP contribution in [0.1, 0.15) is 43.2 Å². The lowest BCUT2D eigenvalue weighted by atomic mass is 9.85. The fourth-order valence-electron chi connectivity index (χ4n) is 5.89. The standard InChI is InChI=1S/C25H27F4N5O/c26-21-2-1-15(12-30)7-19(21)23-11-20(25(27,28)29)24(34-33-23)32-17-9-16-13-31-22(18(16)10-17)8-14-3-5-35-6-4-14/h1-2,7,11,14,16-18,22,31H,3-6,8-10,13H2,(H,32,34)/t16-,17+,18+,22+/m1/s1. The van der Waals surface area contributed by atoms with Crippen LogP contribution in [-0.4, -0.2) is 42.0 Å². The first-order chi connectivity index (χ1) is 16.8. The summed E-state index contributed by atoms with van der Waals surface area (Å²) in [6, 6.07) is 6.38. The average molecular weight is 490 g/mol. The summed E-state index contributed by atoms with van der Waals surface area (Å²) in [7, 11) is 0. The van der Waals surface area contributed by atoms with E-state index in [1.165, 1.54) is 12.1 Å². The van der Waals surface area contributed by atoms with Crippen LogP contribution in [0.3, 0.4) is 0 Å². The average Bonchev–Trinajstić information content (AvgIpc) is 3.41. The van der Waals surface area contributed by atoms with Crippen molar-refractivity contribution in [3.8, 4) is 17.3 Å². The van der Waals surface area contributed by atoms with Gasteiger partial charge in [0.05, 0.1) is 17.3 Å². The summed E-state index contributed by atoms with van der Waals surface area (Å²) in [4.78, 5) is 0. The van der Waals surface area contributed by atoms with Crippen molar-refractivity contribution in [2.45, 2.75) is 50.4 Å². The van der Waals surface area contributed by atoms with Gasteiger partial charge in [-0.25, -0.2) is 4.39 Å². The van der Waals surface area contributed by atoms with Crippen molar-refractivity contribution in [3.63, 3.8) is 0 Å². The molecule has 3 heterocycles. The zero-order valence-electron chi connectivity index (χ0n) is 19.1. The van der Waals surface area contributed by atoms with Crippen LogP contribution in [0.25, 0.3) is 11.3 Å². The minimum absolute atomic E-state index is 0.125. The van der Waals surface area contributed by atoms with Crippen molar-refractivity contribution in [1.29, 1.82) is 5.26 Å². The lowest BCUT2D eigenvalue weighted by molar-refractivity contribution is -0.137. The summed E-state index contributed by atoms with van der Waals surface area (Å²) in [6.45, 7) is 2.48. The molecule has 0 amide bonds. The Morgan fingerprint density at radius 2 is 1.94 bits per heavy atom. The maximum absolute atomic E-state index is 14.3. The Morgan fingerprint density at radius 1 is 1.14 bits per heavy atom. The lowest BCUT2D eigenvalue weighted by Gasteiger charge is -2.28. The largest absolute Gasteiger partial charge is 0.420 e. The van der Waals surface area contributed by atoms with E-state index in [4.69, 9.17) is 10.00 Å². The molecule has 1 aliphatic carbocycles. The second-order valence-electron chi connectivity index (χ2n) is 9.84. The van der Waals surface area contributed by atoms with Gasteiger partial charge >= 0.3 is 6.18 Å². The third-order valence-corrected chi connectivity index (χ3v) is 7.65. The third-order valence-electron chi connectivity index (χ3n) is 7.65. The van der Waals surface area contributed by atoms with Gasteiger partial charge in [0, 0.05) is 30.9 Å². The summed E-state index contributed by atoms with van der Waals surface area (Å²) in [6.07, 6.45) is 0.0372. The zero-order valence-corrected chi connectivity index (χ0v) is 19.1. The number of anilines is 1. The van der Waals surface area contributed by atoms with Gasteiger partial charge in [0.2, 0.25) is 0 Å². The molecule has 6 nitrogen and oxygen atoms in total. The number of rotatable bonds is 5. The Hall–Kier alpha value is -2.77. The second kappa shape index (κ2) is 9.70. The van der Waals surface area contributed by atoms with E-state index < -0.39 is 17.6 Å². The van der Waals surface area contributed by atoms with Crippen molar-refractivity contribution in [2.24, 2.45) is 17.8 Å². The first kappa shape index (κ1) is 23.9. The molecule has 0 radical (unpaired) electrons. The number of nitrogens with one attached hydrogen (secondary N) is 2. The van der Waals surface area contributed by atoms with E-state index in [1.807, 2.05) is 6.07 Å². The Kier molecular flexibility index (Phi) is 6.64. The van der Waals surface area contributed by atoms with E-state index in [0.717, 1.165) is 64.0 Å². The number of alkyl halides is 3. The highest BCUT2D eigenvalue weighted by Gasteiger charge is 2.45. The van der Waals surface area contributed by atoms with E-state index in [-0.39, 0.29) is 28.7 Å². The summed E-state index contributed by atoms with van der Waals surface area (Å²) in [5.74, 6) is 0.361. The highest BCUT2D eigenvalue weighted by molar-refractivity contribution is 5.65. The van der Waals surface area contributed by atoms with E-state index in [2.05, 4.69) is 20.8 Å². The Morgan fingerprint density at radius 3 is 2.69 bits per heavy atom. The third kappa shape index (κ3) is 5.11. The van der Waals surface area contributed by atoms with Crippen LogP contribution in [0.5, 0.6) is 0 Å². The molecule has 2 N–H and O–H groups in total. The van der Waals surface area contributed by atoms with Crippen LogP contribution >= 0.6 is 0 Å². The Bertz CT molecular complexity index is 1110. The molecule has 1 aromatic carbocycles. The smallest absolute Gasteiger partial charge is 0.381 e. The zero-order chi connectivity index (χ0) is 24.6. The maximum atomic E-state index is 14.3. The molecular formula is C25H27F4N5O. The fourth-order valence-corrected chi connectivity index (χ4v) is 5.89. The quantitative estimate of drug-likeness (QED) is 0.589. The molecule has 35 heavy (non-hydrogen) atoms. The molecule has 0 bridgehead atoms. The predicted octanol–water partition coefficient (Wildman–Crippen LogP) is 4.77. The molecule has 0 unspecified atom stereocenters. The number of ether oxygens (including phenoxy) is 1. The van der Waals surface area contributed by atoms with Gasteiger partial charge in [0.25, 0.3) is 0 Å². The van der Waals surface area contributed by atoms with E-state index in [0.29, 0.717) is 23.8 Å². The predicted molar refractivity (Wildman–Crippen MR) is 121 cm³/mol. The minimum Gasteiger partial charge on any atom is -0.381 e. The van der Waals surface area contributed by atoms with E-state index in [9.17, 15) is 17.6 Å². The number of hydrogen-bond donors (Lipinski definition) is 2. The summed E-state index contributed by atoms with van der Waals surface area (Å²) < 4.78 is 61.6. The van der Waals surface area contributed by atoms with Crippen molar-refractivity contribution in [2.75, 3.05) is 25.1 Å². The molecular weight excluding hydrogens is 462 g/mol. The van der Waals surface area contributed by atoms with Gasteiger partial charge in [0.15, 0.2) is 5.82 Å². The van der Waals surface area contributed by atoms with Gasteiger partial charge in [-0.1, -0.05) is 0 Å². The fraction of sp³-hybridized carbons (Fsp3) is 0.560. The topological polar surface area (TPSA) is 82.9 Å². The summed E-state index contributed by atoms with van der Waals surface area (Å²) >= 11 is 0. The molecule has 186 valence electrons. The summed E-state index contributed by atoms with van der Waals surface area (Å²) in [5.41, 5.74) is -1.31. The van der Waals surface area contributed by atoms with Crippen LogP contribution in [0.2, 0.25) is 0 Å². The van der Waals surface area contributed by atoms with Crippen molar-refractivity contribution >= 4 is 5.82 Å². The van der Waals surface area contributed by atoms with Crippen molar-refractivity contribution < 1.29 is 22.3 Å². The second-order valence-corrected chi connectivity index (χ2v) is 9.84. The SMILES string of the molecule is N#Cc1ccc(F)c(-c2cc(C(F)(F)F)c(N[C@H]3C[C@@H]4CN[C@@H](CC5CCOCC5)[C@H]4C3)nn2)c1. The minimum atomic E-state index is -4.70. The number of halogens is 4. The Balaban J connectivity index is 1.33. The monoisotopic (exact) mass is 489 g/mol. The van der Waals surface area contributed by atoms with Gasteiger partial charge < -0.3 is 15.4 Å². The number of aromatic nitrogens is 2. The highest BCUT2D eigenvalue weighted by Crippen LogP contribution is 2.43. The highest BCUT2D eigenvalue weighted by atomic mass is 19.4. The lowest BCUT2D eigenvalue weighted by Crippen LogP contribution is -2.33. The molecule has 3 fully saturated rings. The molecule has 0 spiro atoms. The molecule has 1 saturated carbocycles. The maximum Gasteiger partial charge on any atom is 0.420 e. The molecule has 5 rings (SSSR count). The van der Waals surface area contributed by atoms with Crippen LogP contribution in [0.15, 0.2) is 24.3 Å². The van der Waals surface area contributed by atoms with Crippen LogP contribution in [0, 0.1) is 34.9 Å². The molecule has 2 aromatic rings. The number of benzene rings is 1. The molecule has 1 aromatic heterocycles. The number of fused-ring (bicyclic) bond motifs is 1. The number of hydrogen-bond acceptors (Lipinski definition) is 6. The summed E-state index contributed by atoms with van der Waals surface area (Å²) in [5, 5.41) is 23.4. The van der Waals surface area contributed by atoms with Crippen molar-refractivity contribution in [3.05, 3.63) is 41.2 Å². The van der Waals surface area contributed by atoms with Gasteiger partial charge in [-0.05, 0) is 80.7 Å². The molecule has 4 atom stereocenters. The van der Waals surface area contributed by atoms with Crippen LogP contribution < -0.4 is 10.6 Å². The Labute approximate surface area is 201 Å². The molecule has 3 aliphatic rings. The first-order valence-corrected chi connectivity index (χ1v) is 12.0. The number of nitrogens with zero attached hydrogens (tertiary/aromatic N) is 3. The van der Waals surface area contributed by atoms with Gasteiger partial charge in [-0.2, -0.15) is 18.4 Å². The molecule has 2 aliphatic heterocycles. The number of nitriles is 1. The van der Waals surface area contributed by atoms with Crippen molar-refractivity contribution in [1.82, 2.24) is 15.5 Å². The van der Waals surface area contributed by atoms with Gasteiger partial charge in [0.1, 0.15) is 11.4 Å². The first-order valence-electron chi connectivity index (χ1n) is 12.0. The van der Waals surface area contributed by atoms with Crippen LogP contribution in [0.4, 0.5) is 23.4 Å².